The molecule has 0 amide bonds. The van der Waals surface area contributed by atoms with Gasteiger partial charge in [0.1, 0.15) is 0 Å². The predicted octanol–water partition coefficient (Wildman–Crippen LogP) is 3.83. The van der Waals surface area contributed by atoms with Gasteiger partial charge < -0.3 is 0 Å². The highest BCUT2D eigenvalue weighted by Gasteiger charge is 2.25. The average molecular weight is 197 g/mol. The molecular weight excluding hydrogens is 170 g/mol. The molecule has 1 aliphatic rings. The van der Waals surface area contributed by atoms with E-state index in [9.17, 15) is 0 Å². The Bertz CT molecular complexity index is 134. The Morgan fingerprint density at radius 2 is 1.50 bits per heavy atom. The van der Waals surface area contributed by atoms with Crippen molar-refractivity contribution < 1.29 is 0 Å². The van der Waals surface area contributed by atoms with Crippen molar-refractivity contribution in [2.75, 3.05) is 6.54 Å². The molecule has 2 atom stereocenters. The Kier molecular flexibility index (Phi) is 5.54. The number of rotatable bonds is 6. The maximum Gasteiger partial charge on any atom is 0.00703 e. The van der Waals surface area contributed by atoms with Gasteiger partial charge in [-0.1, -0.05) is 32.6 Å². The number of hydrogen-bond acceptors (Lipinski definition) is 1. The largest absolute Gasteiger partial charge is 0.298 e. The second kappa shape index (κ2) is 6.44. The van der Waals surface area contributed by atoms with Gasteiger partial charge in [-0.3, -0.25) is 4.90 Å². The molecule has 0 N–H and O–H groups in total. The molecule has 1 fully saturated rings. The van der Waals surface area contributed by atoms with E-state index in [0.29, 0.717) is 0 Å². The molecule has 0 aliphatic carbocycles. The van der Waals surface area contributed by atoms with Crippen LogP contribution < -0.4 is 0 Å². The first-order chi connectivity index (χ1) is 6.75. The van der Waals surface area contributed by atoms with Gasteiger partial charge in [0, 0.05) is 12.1 Å². The summed E-state index contributed by atoms with van der Waals surface area (Å²) in [4.78, 5) is 2.70. The highest BCUT2D eigenvalue weighted by atomic mass is 15.2. The molecular formula is C13H27N. The molecule has 0 aromatic rings. The summed E-state index contributed by atoms with van der Waals surface area (Å²) >= 11 is 0. The minimum atomic E-state index is 0.844. The summed E-state index contributed by atoms with van der Waals surface area (Å²) in [6.07, 6.45) is 9.89. The number of unbranched alkanes of at least 4 members (excludes halogenated alkanes) is 4. The molecule has 1 aliphatic heterocycles. The molecule has 0 spiro atoms. The lowest BCUT2D eigenvalue weighted by Gasteiger charge is -2.25. The summed E-state index contributed by atoms with van der Waals surface area (Å²) < 4.78 is 0. The average Bonchev–Trinajstić information content (AvgIpc) is 2.48. The van der Waals surface area contributed by atoms with Gasteiger partial charge in [-0.25, -0.2) is 0 Å². The van der Waals surface area contributed by atoms with Crippen molar-refractivity contribution in [2.24, 2.45) is 0 Å². The Hall–Kier alpha value is -0.0400. The third-order valence-corrected chi connectivity index (χ3v) is 3.65. The van der Waals surface area contributed by atoms with E-state index >= 15 is 0 Å². The van der Waals surface area contributed by atoms with Gasteiger partial charge in [0.05, 0.1) is 0 Å². The van der Waals surface area contributed by atoms with E-state index in [2.05, 4.69) is 25.7 Å². The van der Waals surface area contributed by atoms with Crippen LogP contribution in [0, 0.1) is 0 Å². The summed E-state index contributed by atoms with van der Waals surface area (Å²) in [7, 11) is 0. The van der Waals surface area contributed by atoms with Crippen molar-refractivity contribution in [2.45, 2.75) is 77.8 Å². The molecule has 84 valence electrons. The van der Waals surface area contributed by atoms with E-state index in [0.717, 1.165) is 12.1 Å². The summed E-state index contributed by atoms with van der Waals surface area (Å²) in [6, 6.07) is 1.69. The zero-order valence-corrected chi connectivity index (χ0v) is 10.3. The van der Waals surface area contributed by atoms with E-state index in [4.69, 9.17) is 0 Å². The molecule has 14 heavy (non-hydrogen) atoms. The van der Waals surface area contributed by atoms with Gasteiger partial charge >= 0.3 is 0 Å². The summed E-state index contributed by atoms with van der Waals surface area (Å²) in [5, 5.41) is 0. The minimum Gasteiger partial charge on any atom is -0.298 e. The smallest absolute Gasteiger partial charge is 0.00703 e. The highest BCUT2D eigenvalue weighted by molar-refractivity contribution is 4.81. The van der Waals surface area contributed by atoms with Crippen molar-refractivity contribution in [3.8, 4) is 0 Å². The molecule has 1 heteroatoms. The fourth-order valence-electron chi connectivity index (χ4n) is 2.59. The molecule has 0 aromatic carbocycles. The number of nitrogens with zero attached hydrogens (tertiary/aromatic N) is 1. The predicted molar refractivity (Wildman–Crippen MR) is 63.6 cm³/mol. The van der Waals surface area contributed by atoms with Crippen LogP contribution in [0.1, 0.15) is 65.7 Å². The lowest BCUT2D eigenvalue weighted by atomic mass is 10.1. The lowest BCUT2D eigenvalue weighted by molar-refractivity contribution is 0.209. The maximum absolute atomic E-state index is 2.70. The summed E-state index contributed by atoms with van der Waals surface area (Å²) in [5.74, 6) is 0. The Morgan fingerprint density at radius 1 is 0.929 bits per heavy atom. The van der Waals surface area contributed by atoms with E-state index in [-0.39, 0.29) is 0 Å². The molecule has 2 unspecified atom stereocenters. The lowest BCUT2D eigenvalue weighted by Crippen LogP contribution is -2.33. The van der Waals surface area contributed by atoms with Gasteiger partial charge in [-0.05, 0) is 39.7 Å². The topological polar surface area (TPSA) is 3.24 Å². The van der Waals surface area contributed by atoms with Gasteiger partial charge in [0.25, 0.3) is 0 Å². The standard InChI is InChI=1S/C13H27N/c1-4-5-6-7-8-11-14-12(2)9-10-13(14)3/h12-13H,4-11H2,1-3H3. The quantitative estimate of drug-likeness (QED) is 0.585. The highest BCUT2D eigenvalue weighted by Crippen LogP contribution is 2.23. The Balaban J connectivity index is 2.05. The van der Waals surface area contributed by atoms with Crippen LogP contribution in [0.2, 0.25) is 0 Å². The van der Waals surface area contributed by atoms with Crippen molar-refractivity contribution >= 4 is 0 Å². The second-order valence-electron chi connectivity index (χ2n) is 4.93. The van der Waals surface area contributed by atoms with Gasteiger partial charge in [-0.2, -0.15) is 0 Å². The molecule has 1 saturated heterocycles. The molecule has 0 radical (unpaired) electrons. The third-order valence-electron chi connectivity index (χ3n) is 3.65. The Morgan fingerprint density at radius 3 is 2.07 bits per heavy atom. The van der Waals surface area contributed by atoms with Crippen molar-refractivity contribution in [3.63, 3.8) is 0 Å². The van der Waals surface area contributed by atoms with Crippen LogP contribution >= 0.6 is 0 Å². The van der Waals surface area contributed by atoms with E-state index in [1.165, 1.54) is 51.5 Å². The first-order valence-electron chi connectivity index (χ1n) is 6.51. The minimum absolute atomic E-state index is 0.844. The zero-order valence-electron chi connectivity index (χ0n) is 10.3. The van der Waals surface area contributed by atoms with E-state index in [1.54, 1.807) is 0 Å². The maximum atomic E-state index is 2.70. The van der Waals surface area contributed by atoms with Crippen LogP contribution in [-0.2, 0) is 0 Å². The van der Waals surface area contributed by atoms with Gasteiger partial charge in [0.2, 0.25) is 0 Å². The molecule has 0 saturated carbocycles. The van der Waals surface area contributed by atoms with Crippen LogP contribution in [0.3, 0.4) is 0 Å². The first kappa shape index (κ1) is 12.0. The van der Waals surface area contributed by atoms with Crippen LogP contribution in [0.25, 0.3) is 0 Å². The molecule has 1 nitrogen and oxygen atoms in total. The van der Waals surface area contributed by atoms with Crippen LogP contribution in [0.15, 0.2) is 0 Å². The fraction of sp³-hybridized carbons (Fsp3) is 1.00. The molecule has 1 rings (SSSR count). The van der Waals surface area contributed by atoms with Crippen molar-refractivity contribution in [3.05, 3.63) is 0 Å². The molecule has 0 bridgehead atoms. The van der Waals surface area contributed by atoms with E-state index < -0.39 is 0 Å². The van der Waals surface area contributed by atoms with Crippen LogP contribution in [-0.4, -0.2) is 23.5 Å². The van der Waals surface area contributed by atoms with Crippen molar-refractivity contribution in [1.29, 1.82) is 0 Å². The van der Waals surface area contributed by atoms with Crippen LogP contribution in [0.5, 0.6) is 0 Å². The number of likely N-dealkylation sites (tertiary alicyclic amines) is 1. The molecule has 0 aromatic heterocycles. The number of hydrogen-bond donors (Lipinski definition) is 0. The summed E-state index contributed by atoms with van der Waals surface area (Å²) in [6.45, 7) is 8.39. The van der Waals surface area contributed by atoms with E-state index in [1.807, 2.05) is 0 Å². The first-order valence-corrected chi connectivity index (χ1v) is 6.51. The second-order valence-corrected chi connectivity index (χ2v) is 4.93. The van der Waals surface area contributed by atoms with Crippen LogP contribution in [0.4, 0.5) is 0 Å². The van der Waals surface area contributed by atoms with Crippen molar-refractivity contribution in [1.82, 2.24) is 4.90 Å². The molecule has 1 heterocycles. The Labute approximate surface area is 89.9 Å². The van der Waals surface area contributed by atoms with Gasteiger partial charge in [-0.15, -0.1) is 0 Å². The normalized spacial score (nSPS) is 28.5. The summed E-state index contributed by atoms with van der Waals surface area (Å²) in [5.41, 5.74) is 0. The SMILES string of the molecule is CCCCCCCN1C(C)CCC1C. The van der Waals surface area contributed by atoms with Gasteiger partial charge in [0.15, 0.2) is 0 Å². The fourth-order valence-corrected chi connectivity index (χ4v) is 2.59. The third kappa shape index (κ3) is 3.61. The zero-order chi connectivity index (χ0) is 10.4. The monoisotopic (exact) mass is 197 g/mol.